The summed E-state index contributed by atoms with van der Waals surface area (Å²) in [4.78, 5) is 26.2. The molecular weight excluding hydrogens is 240 g/mol. The maximum absolute atomic E-state index is 12.2. The number of nitrogens with one attached hydrogen (secondary N) is 1. The minimum absolute atomic E-state index is 0.0882. The van der Waals surface area contributed by atoms with Gasteiger partial charge in [-0.3, -0.25) is 9.59 Å². The van der Waals surface area contributed by atoms with E-state index in [4.69, 9.17) is 0 Å². The van der Waals surface area contributed by atoms with Gasteiger partial charge < -0.3 is 10.2 Å². The molecule has 0 radical (unpaired) electrons. The molecule has 4 heteroatoms. The molecule has 104 valence electrons. The van der Waals surface area contributed by atoms with E-state index in [0.29, 0.717) is 11.8 Å². The summed E-state index contributed by atoms with van der Waals surface area (Å²) in [7, 11) is 0. The van der Waals surface area contributed by atoms with Crippen molar-refractivity contribution in [2.75, 3.05) is 13.1 Å². The first-order valence-corrected chi connectivity index (χ1v) is 7.79. The van der Waals surface area contributed by atoms with E-state index in [9.17, 15) is 9.59 Å². The first-order chi connectivity index (χ1) is 9.22. The van der Waals surface area contributed by atoms with Gasteiger partial charge in [0.1, 0.15) is 6.04 Å². The van der Waals surface area contributed by atoms with Crippen molar-refractivity contribution in [2.45, 2.75) is 44.6 Å². The number of carbonyl (C=O) groups is 2. The average Bonchev–Trinajstić information content (AvgIpc) is 3.01. The quantitative estimate of drug-likeness (QED) is 0.829. The average molecular weight is 262 g/mol. The van der Waals surface area contributed by atoms with Crippen LogP contribution in [0.25, 0.3) is 0 Å². The Kier molecular flexibility index (Phi) is 2.61. The predicted octanol–water partition coefficient (Wildman–Crippen LogP) is 1.16. The molecule has 4 rings (SSSR count). The number of carbonyl (C=O) groups excluding carboxylic acids is 2. The Balaban J connectivity index is 1.50. The smallest absolute Gasteiger partial charge is 0.243 e. The summed E-state index contributed by atoms with van der Waals surface area (Å²) in [5, 5.41) is 2.76. The minimum atomic E-state index is -0.152. The van der Waals surface area contributed by atoms with Gasteiger partial charge in [-0.25, -0.2) is 0 Å². The Bertz CT molecular complexity index is 418. The normalized spacial score (nSPS) is 41.8. The first kappa shape index (κ1) is 11.7. The number of hydrogen-bond donors (Lipinski definition) is 1. The van der Waals surface area contributed by atoms with Crippen molar-refractivity contribution in [2.24, 2.45) is 23.7 Å². The molecule has 3 saturated carbocycles. The molecule has 19 heavy (non-hydrogen) atoms. The fourth-order valence-corrected chi connectivity index (χ4v) is 4.61. The van der Waals surface area contributed by atoms with E-state index in [1.165, 1.54) is 25.7 Å². The topological polar surface area (TPSA) is 49.4 Å². The summed E-state index contributed by atoms with van der Waals surface area (Å²) < 4.78 is 0. The molecule has 2 amide bonds. The van der Waals surface area contributed by atoms with Crippen molar-refractivity contribution in [3.05, 3.63) is 0 Å². The number of hydrogen-bond acceptors (Lipinski definition) is 2. The van der Waals surface area contributed by atoms with Crippen LogP contribution in [-0.4, -0.2) is 35.8 Å². The standard InChI is InChI=1S/C15H22N2O2/c18-13-7-16-15(19)14(10-3-4-10)17(13)8-12-6-9-1-2-11(12)5-9/h9-12,14H,1-8H2,(H,16,19). The highest BCUT2D eigenvalue weighted by atomic mass is 16.2. The number of rotatable bonds is 3. The molecule has 0 aromatic heterocycles. The Labute approximate surface area is 113 Å². The van der Waals surface area contributed by atoms with E-state index in [1.807, 2.05) is 4.90 Å². The van der Waals surface area contributed by atoms with Crippen molar-refractivity contribution in [1.29, 1.82) is 0 Å². The van der Waals surface area contributed by atoms with Crippen LogP contribution in [-0.2, 0) is 9.59 Å². The third-order valence-electron chi connectivity index (χ3n) is 5.72. The van der Waals surface area contributed by atoms with E-state index >= 15 is 0 Å². The van der Waals surface area contributed by atoms with Crippen molar-refractivity contribution in [3.63, 3.8) is 0 Å². The minimum Gasteiger partial charge on any atom is -0.345 e. The van der Waals surface area contributed by atoms with E-state index in [1.54, 1.807) is 0 Å². The zero-order chi connectivity index (χ0) is 13.0. The van der Waals surface area contributed by atoms with Crippen LogP contribution in [0.3, 0.4) is 0 Å². The second-order valence-electron chi connectivity index (χ2n) is 6.98. The molecule has 1 heterocycles. The van der Waals surface area contributed by atoms with Crippen LogP contribution >= 0.6 is 0 Å². The van der Waals surface area contributed by atoms with Crippen LogP contribution in [0, 0.1) is 23.7 Å². The van der Waals surface area contributed by atoms with Gasteiger partial charge in [-0.1, -0.05) is 6.42 Å². The molecule has 1 saturated heterocycles. The summed E-state index contributed by atoms with van der Waals surface area (Å²) in [5.74, 6) is 3.05. The molecule has 0 aromatic rings. The molecule has 4 nitrogen and oxygen atoms in total. The van der Waals surface area contributed by atoms with Gasteiger partial charge in [-0.2, -0.15) is 0 Å². The van der Waals surface area contributed by atoms with Crippen LogP contribution < -0.4 is 5.32 Å². The van der Waals surface area contributed by atoms with Crippen LogP contribution in [0.1, 0.15) is 38.5 Å². The molecule has 4 fully saturated rings. The van der Waals surface area contributed by atoms with Gasteiger partial charge in [0.2, 0.25) is 11.8 Å². The summed E-state index contributed by atoms with van der Waals surface area (Å²) in [6.07, 6.45) is 7.61. The van der Waals surface area contributed by atoms with Crippen LogP contribution in [0.4, 0.5) is 0 Å². The maximum atomic E-state index is 12.2. The Morgan fingerprint density at radius 2 is 1.84 bits per heavy atom. The third-order valence-corrected chi connectivity index (χ3v) is 5.72. The van der Waals surface area contributed by atoms with E-state index in [-0.39, 0.29) is 24.4 Å². The van der Waals surface area contributed by atoms with Crippen LogP contribution in [0.2, 0.25) is 0 Å². The van der Waals surface area contributed by atoms with Gasteiger partial charge in [-0.05, 0) is 55.8 Å². The van der Waals surface area contributed by atoms with Crippen molar-refractivity contribution < 1.29 is 9.59 Å². The molecule has 4 atom stereocenters. The number of fused-ring (bicyclic) bond motifs is 2. The zero-order valence-corrected chi connectivity index (χ0v) is 11.3. The van der Waals surface area contributed by atoms with Crippen molar-refractivity contribution >= 4 is 11.8 Å². The van der Waals surface area contributed by atoms with Gasteiger partial charge in [-0.15, -0.1) is 0 Å². The number of piperazine rings is 1. The Morgan fingerprint density at radius 3 is 2.47 bits per heavy atom. The second-order valence-corrected chi connectivity index (χ2v) is 6.98. The largest absolute Gasteiger partial charge is 0.345 e. The second kappa shape index (κ2) is 4.22. The number of nitrogens with zero attached hydrogens (tertiary/aromatic N) is 1. The van der Waals surface area contributed by atoms with E-state index in [0.717, 1.165) is 31.2 Å². The lowest BCUT2D eigenvalue weighted by Crippen LogP contribution is -2.60. The summed E-state index contributed by atoms with van der Waals surface area (Å²) in [5.41, 5.74) is 0. The fourth-order valence-electron chi connectivity index (χ4n) is 4.61. The molecule has 0 spiro atoms. The lowest BCUT2D eigenvalue weighted by Gasteiger charge is -2.38. The highest BCUT2D eigenvalue weighted by Crippen LogP contribution is 2.49. The molecule has 2 bridgehead atoms. The van der Waals surface area contributed by atoms with Crippen LogP contribution in [0.15, 0.2) is 0 Å². The monoisotopic (exact) mass is 262 g/mol. The van der Waals surface area contributed by atoms with E-state index in [2.05, 4.69) is 5.32 Å². The predicted molar refractivity (Wildman–Crippen MR) is 70.2 cm³/mol. The lowest BCUT2D eigenvalue weighted by molar-refractivity contribution is -0.147. The van der Waals surface area contributed by atoms with Crippen molar-refractivity contribution in [3.8, 4) is 0 Å². The zero-order valence-electron chi connectivity index (χ0n) is 11.3. The molecule has 1 aliphatic heterocycles. The van der Waals surface area contributed by atoms with E-state index < -0.39 is 0 Å². The highest BCUT2D eigenvalue weighted by molar-refractivity contribution is 5.95. The summed E-state index contributed by atoms with van der Waals surface area (Å²) >= 11 is 0. The summed E-state index contributed by atoms with van der Waals surface area (Å²) in [6, 6.07) is -0.152. The lowest BCUT2D eigenvalue weighted by atomic mass is 9.87. The molecule has 4 aliphatic rings. The van der Waals surface area contributed by atoms with Crippen molar-refractivity contribution in [1.82, 2.24) is 10.2 Å². The van der Waals surface area contributed by atoms with Gasteiger partial charge in [0.05, 0.1) is 6.54 Å². The van der Waals surface area contributed by atoms with Gasteiger partial charge >= 0.3 is 0 Å². The Morgan fingerprint density at radius 1 is 1.05 bits per heavy atom. The van der Waals surface area contributed by atoms with Gasteiger partial charge in [0.25, 0.3) is 0 Å². The maximum Gasteiger partial charge on any atom is 0.243 e. The molecule has 3 aliphatic carbocycles. The highest BCUT2D eigenvalue weighted by Gasteiger charge is 2.47. The first-order valence-electron chi connectivity index (χ1n) is 7.79. The Hall–Kier alpha value is -1.06. The summed E-state index contributed by atoms with van der Waals surface area (Å²) in [6.45, 7) is 1.05. The molecule has 4 unspecified atom stereocenters. The fraction of sp³-hybridized carbons (Fsp3) is 0.867. The number of amides is 2. The van der Waals surface area contributed by atoms with Crippen LogP contribution in [0.5, 0.6) is 0 Å². The van der Waals surface area contributed by atoms with Gasteiger partial charge in [0.15, 0.2) is 0 Å². The SMILES string of the molecule is O=C1NCC(=O)N(CC2CC3CCC2C3)C1C1CC1. The third kappa shape index (κ3) is 1.96. The molecule has 1 N–H and O–H groups in total. The molecule has 0 aromatic carbocycles. The molecular formula is C15H22N2O2. The van der Waals surface area contributed by atoms with Gasteiger partial charge in [0, 0.05) is 6.54 Å².